The van der Waals surface area contributed by atoms with Crippen molar-refractivity contribution in [2.24, 2.45) is 0 Å². The molecule has 170 valence electrons. The Bertz CT molecular complexity index is 775. The van der Waals surface area contributed by atoms with Crippen LogP contribution < -0.4 is 16.5 Å². The second-order valence-electron chi connectivity index (χ2n) is 6.75. The molecule has 3 N–H and O–H groups in total. The summed E-state index contributed by atoms with van der Waals surface area (Å²) in [6, 6.07) is 0.483. The Morgan fingerprint density at radius 1 is 1.37 bits per heavy atom. The zero-order valence-electron chi connectivity index (χ0n) is 18.0. The molecule has 1 aromatic rings. The van der Waals surface area contributed by atoms with E-state index in [1.165, 1.54) is 33.0 Å². The van der Waals surface area contributed by atoms with Crippen molar-refractivity contribution >= 4 is 20.0 Å². The summed E-state index contributed by atoms with van der Waals surface area (Å²) in [5, 5.41) is 2.44. The second-order valence-corrected chi connectivity index (χ2v) is 7.78. The molecule has 10 nitrogen and oxygen atoms in total. The average molecular weight is 449 g/mol. The lowest BCUT2D eigenvalue weighted by molar-refractivity contribution is -0.213. The zero-order valence-corrected chi connectivity index (χ0v) is 18.9. The zero-order chi connectivity index (χ0) is 22.9. The number of carbonyl (C=O) groups excluding carboxylic acids is 1. The van der Waals surface area contributed by atoms with Gasteiger partial charge in [0.15, 0.2) is 6.61 Å². The number of esters is 1. The Balaban J connectivity index is 2.63. The summed E-state index contributed by atoms with van der Waals surface area (Å²) in [7, 11) is -2.56. The highest BCUT2D eigenvalue weighted by Crippen LogP contribution is 2.29. The van der Waals surface area contributed by atoms with E-state index >= 15 is 4.39 Å². The number of nitrogens with two attached hydrogens (primary N) is 1. The van der Waals surface area contributed by atoms with Crippen LogP contribution in [0.2, 0.25) is 0 Å². The molecule has 0 fully saturated rings. The number of halogens is 1. The Hall–Kier alpha value is -1.94. The maximum Gasteiger partial charge on any atom is 0.614 e. The number of anilines is 1. The van der Waals surface area contributed by atoms with E-state index in [4.69, 9.17) is 19.7 Å². The number of carbonyl (C=O) groups is 1. The summed E-state index contributed by atoms with van der Waals surface area (Å²) in [6.45, 7) is 7.55. The van der Waals surface area contributed by atoms with Crippen LogP contribution in [-0.2, 0) is 23.4 Å². The van der Waals surface area contributed by atoms with Crippen LogP contribution in [0.3, 0.4) is 0 Å². The lowest BCUT2D eigenvalue weighted by Gasteiger charge is -2.26. The van der Waals surface area contributed by atoms with E-state index in [0.29, 0.717) is 12.8 Å². The number of rotatable bonds is 13. The Labute approximate surface area is 176 Å². The van der Waals surface area contributed by atoms with Crippen molar-refractivity contribution in [1.82, 2.24) is 14.6 Å². The third kappa shape index (κ3) is 8.06. The smallest absolute Gasteiger partial charge is 0.461 e. The van der Waals surface area contributed by atoms with Gasteiger partial charge in [-0.05, 0) is 37.3 Å². The van der Waals surface area contributed by atoms with E-state index < -0.39 is 44.6 Å². The van der Waals surface area contributed by atoms with Gasteiger partial charge in [-0.25, -0.2) is 9.18 Å². The molecule has 0 aliphatic rings. The van der Waals surface area contributed by atoms with Gasteiger partial charge in [0.05, 0.1) is 0 Å². The molecule has 0 spiro atoms. The molecule has 0 radical (unpaired) electrons. The lowest BCUT2D eigenvalue weighted by atomic mass is 10.2. The highest BCUT2D eigenvalue weighted by Gasteiger charge is 2.38. The quantitative estimate of drug-likeness (QED) is 0.344. The van der Waals surface area contributed by atoms with Crippen LogP contribution in [-0.4, -0.2) is 40.1 Å². The van der Waals surface area contributed by atoms with Crippen molar-refractivity contribution in [3.63, 3.8) is 0 Å². The molecule has 0 aliphatic heterocycles. The number of nitrogens with zero attached hydrogens (tertiary/aromatic N) is 2. The molecule has 30 heavy (non-hydrogen) atoms. The second kappa shape index (κ2) is 12.0. The third-order valence-electron chi connectivity index (χ3n) is 4.40. The standard InChI is InChI=1S/C18H30FN4O6P/c1-6-14(7-2)28-16(24)12(4)22-30(26)27-11-18(19,8-3)29-13(5)23-10-9-15(20)21-17(23)25/h9-10,12-14H,6-8,11H2,1-5H3,(H2-,20,21,22,25,26)/p+1/t12-,13+,18-/m0/s1. The summed E-state index contributed by atoms with van der Waals surface area (Å²) < 4.78 is 43.8. The number of ether oxygens (including phenoxy) is 2. The molecular weight excluding hydrogens is 418 g/mol. The Morgan fingerprint density at radius 3 is 2.53 bits per heavy atom. The van der Waals surface area contributed by atoms with Crippen LogP contribution in [0.1, 0.15) is 60.1 Å². The number of nitrogens with one attached hydrogen (secondary N) is 1. The van der Waals surface area contributed by atoms with Gasteiger partial charge in [0.2, 0.25) is 5.85 Å². The summed E-state index contributed by atoms with van der Waals surface area (Å²) in [6.07, 6.45) is 1.30. The molecule has 1 heterocycles. The van der Waals surface area contributed by atoms with E-state index in [-0.39, 0.29) is 18.3 Å². The molecule has 12 heteroatoms. The summed E-state index contributed by atoms with van der Waals surface area (Å²) in [5.41, 5.74) is 4.74. The number of nitrogen functional groups attached to an aromatic ring is 1. The predicted molar refractivity (Wildman–Crippen MR) is 109 cm³/mol. The number of alkyl halides is 1. The van der Waals surface area contributed by atoms with Crippen molar-refractivity contribution in [2.75, 3.05) is 12.3 Å². The van der Waals surface area contributed by atoms with Gasteiger partial charge in [-0.2, -0.15) is 4.98 Å². The van der Waals surface area contributed by atoms with Crippen molar-refractivity contribution < 1.29 is 27.7 Å². The fourth-order valence-electron chi connectivity index (χ4n) is 2.41. The molecular formula is C18H31FN4O6P+. The molecule has 4 atom stereocenters. The maximum absolute atomic E-state index is 15.0. The monoisotopic (exact) mass is 449 g/mol. The van der Waals surface area contributed by atoms with Gasteiger partial charge in [0, 0.05) is 12.6 Å². The molecule has 1 rings (SSSR count). The van der Waals surface area contributed by atoms with Crippen LogP contribution >= 0.6 is 8.18 Å². The van der Waals surface area contributed by atoms with E-state index in [1.807, 2.05) is 13.8 Å². The van der Waals surface area contributed by atoms with Gasteiger partial charge in [-0.3, -0.25) is 9.36 Å². The van der Waals surface area contributed by atoms with E-state index in [2.05, 4.69) is 10.1 Å². The van der Waals surface area contributed by atoms with E-state index in [9.17, 15) is 14.2 Å². The van der Waals surface area contributed by atoms with Crippen molar-refractivity contribution in [3.8, 4) is 0 Å². The topological polar surface area (TPSA) is 135 Å². The van der Waals surface area contributed by atoms with Crippen molar-refractivity contribution in [3.05, 3.63) is 22.7 Å². The predicted octanol–water partition coefficient (Wildman–Crippen LogP) is 2.82. The van der Waals surface area contributed by atoms with Gasteiger partial charge >= 0.3 is 19.8 Å². The first-order valence-corrected chi connectivity index (χ1v) is 11.0. The molecule has 0 bridgehead atoms. The molecule has 0 saturated carbocycles. The molecule has 0 aromatic carbocycles. The van der Waals surface area contributed by atoms with Gasteiger partial charge in [-0.1, -0.05) is 25.9 Å². The van der Waals surface area contributed by atoms with Gasteiger partial charge in [-0.15, -0.1) is 4.52 Å². The van der Waals surface area contributed by atoms with Crippen LogP contribution in [0.25, 0.3) is 0 Å². The Kier molecular flexibility index (Phi) is 10.5. The van der Waals surface area contributed by atoms with Crippen LogP contribution in [0.4, 0.5) is 10.2 Å². The van der Waals surface area contributed by atoms with Crippen LogP contribution in [0, 0.1) is 0 Å². The molecule has 1 aromatic heterocycles. The molecule has 0 saturated heterocycles. The largest absolute Gasteiger partial charge is 0.614 e. The number of hydrogen-bond donors (Lipinski definition) is 2. The summed E-state index contributed by atoms with van der Waals surface area (Å²) in [5.74, 6) is -2.86. The lowest BCUT2D eigenvalue weighted by Crippen LogP contribution is -2.38. The summed E-state index contributed by atoms with van der Waals surface area (Å²) >= 11 is 0. The Morgan fingerprint density at radius 2 is 2.00 bits per heavy atom. The number of hydrogen-bond acceptors (Lipinski definition) is 8. The number of aromatic nitrogens is 2. The highest BCUT2D eigenvalue weighted by molar-refractivity contribution is 7.36. The van der Waals surface area contributed by atoms with Crippen LogP contribution in [0.15, 0.2) is 17.1 Å². The van der Waals surface area contributed by atoms with Gasteiger partial charge in [0.25, 0.3) is 0 Å². The molecule has 0 amide bonds. The fourth-order valence-corrected chi connectivity index (χ4v) is 3.22. The van der Waals surface area contributed by atoms with Crippen molar-refractivity contribution in [2.45, 2.75) is 78.1 Å². The maximum atomic E-state index is 15.0. The first kappa shape index (κ1) is 26.1. The summed E-state index contributed by atoms with van der Waals surface area (Å²) in [4.78, 5) is 27.4. The fraction of sp³-hybridized carbons (Fsp3) is 0.722. The minimum absolute atomic E-state index is 0.0358. The highest BCUT2D eigenvalue weighted by atomic mass is 31.1. The normalized spacial score (nSPS) is 16.0. The first-order valence-electron chi connectivity index (χ1n) is 9.83. The van der Waals surface area contributed by atoms with Crippen LogP contribution in [0.5, 0.6) is 0 Å². The SMILES string of the molecule is CCC(CC)OC(=O)[C@H](C)N[P+](=O)OC[C@](F)(CC)O[C@H](C)n1ccc(N)nc1=O. The minimum atomic E-state index is -2.56. The molecule has 1 unspecified atom stereocenters. The van der Waals surface area contributed by atoms with E-state index in [0.717, 1.165) is 4.57 Å². The third-order valence-corrected chi connectivity index (χ3v) is 5.36. The first-order chi connectivity index (χ1) is 14.0. The minimum Gasteiger partial charge on any atom is -0.461 e. The average Bonchev–Trinajstić information content (AvgIpc) is 2.70. The van der Waals surface area contributed by atoms with Gasteiger partial charge < -0.3 is 15.2 Å². The molecule has 0 aliphatic carbocycles. The van der Waals surface area contributed by atoms with Crippen molar-refractivity contribution in [1.29, 1.82) is 0 Å². The van der Waals surface area contributed by atoms with Gasteiger partial charge in [0.1, 0.15) is 24.2 Å². The van der Waals surface area contributed by atoms with E-state index in [1.54, 1.807) is 0 Å².